The summed E-state index contributed by atoms with van der Waals surface area (Å²) in [6.07, 6.45) is 2.39. The van der Waals surface area contributed by atoms with Crippen molar-refractivity contribution in [3.63, 3.8) is 0 Å². The average Bonchev–Trinajstić information content (AvgIpc) is 3.06. The standard InChI is InChI=1S/C25H27N3O3Si/c1-25(2,3)32(4,5)21(30)14-11-16-8-6-10-18-22(16)17-9-7-15-26-23(17)28(18)19-12-13-20(29)27-24(19)31/h6-10,15,19H,12-13H2,1-5H3,(H,27,29,31). The van der Waals surface area contributed by atoms with E-state index in [2.05, 4.69) is 56.0 Å². The van der Waals surface area contributed by atoms with Crippen molar-refractivity contribution in [2.45, 2.75) is 57.8 Å². The third-order valence-electron chi connectivity index (χ3n) is 6.86. The second-order valence-electron chi connectivity index (χ2n) is 9.87. The van der Waals surface area contributed by atoms with Crippen LogP contribution in [0.1, 0.15) is 45.2 Å². The van der Waals surface area contributed by atoms with E-state index >= 15 is 0 Å². The summed E-state index contributed by atoms with van der Waals surface area (Å²) in [6.45, 7) is 10.4. The molecule has 164 valence electrons. The number of carbonyl (C=O) groups excluding carboxylic acids is 3. The second kappa shape index (κ2) is 7.71. The molecule has 3 heterocycles. The number of rotatable bonds is 2. The zero-order chi connectivity index (χ0) is 23.3. The van der Waals surface area contributed by atoms with Crippen molar-refractivity contribution < 1.29 is 14.4 Å². The lowest BCUT2D eigenvalue weighted by Crippen LogP contribution is -2.45. The lowest BCUT2D eigenvalue weighted by Gasteiger charge is -2.33. The Balaban J connectivity index is 1.89. The Bertz CT molecular complexity index is 1340. The Kier molecular flexibility index (Phi) is 5.30. The molecule has 6 nitrogen and oxygen atoms in total. The maximum atomic E-state index is 13.0. The number of hydrogen-bond donors (Lipinski definition) is 1. The third-order valence-corrected chi connectivity index (χ3v) is 11.9. The van der Waals surface area contributed by atoms with Crippen molar-refractivity contribution >= 4 is 47.2 Å². The molecule has 4 rings (SSSR count). The number of nitrogens with one attached hydrogen (secondary N) is 1. The van der Waals surface area contributed by atoms with E-state index in [1.807, 2.05) is 34.9 Å². The van der Waals surface area contributed by atoms with Gasteiger partial charge in [0.1, 0.15) is 19.8 Å². The van der Waals surface area contributed by atoms with Crippen molar-refractivity contribution in [2.75, 3.05) is 0 Å². The minimum Gasteiger partial charge on any atom is -0.313 e. The van der Waals surface area contributed by atoms with Crippen LogP contribution in [-0.2, 0) is 14.4 Å². The van der Waals surface area contributed by atoms with Crippen LogP contribution in [0.4, 0.5) is 0 Å². The highest BCUT2D eigenvalue weighted by atomic mass is 28.3. The summed E-state index contributed by atoms with van der Waals surface area (Å²) in [5, 5.41) is 4.12. The Hall–Kier alpha value is -3.24. The smallest absolute Gasteiger partial charge is 0.249 e. The molecule has 1 aliphatic rings. The predicted octanol–water partition coefficient (Wildman–Crippen LogP) is 4.14. The number of imide groups is 1. The Morgan fingerprint density at radius 2 is 1.94 bits per heavy atom. The molecule has 1 fully saturated rings. The van der Waals surface area contributed by atoms with Gasteiger partial charge in [-0.15, -0.1) is 0 Å². The van der Waals surface area contributed by atoms with Crippen LogP contribution in [0, 0.1) is 11.8 Å². The average molecular weight is 446 g/mol. The van der Waals surface area contributed by atoms with Gasteiger partial charge in [-0.1, -0.05) is 45.9 Å². The highest BCUT2D eigenvalue weighted by Crippen LogP contribution is 2.37. The zero-order valence-electron chi connectivity index (χ0n) is 19.1. The minimum absolute atomic E-state index is 0.0223. The van der Waals surface area contributed by atoms with Crippen molar-refractivity contribution in [3.8, 4) is 11.8 Å². The quantitative estimate of drug-likeness (QED) is 0.365. The maximum Gasteiger partial charge on any atom is 0.249 e. The van der Waals surface area contributed by atoms with Crippen molar-refractivity contribution in [3.05, 3.63) is 42.1 Å². The molecule has 1 saturated heterocycles. The number of piperidine rings is 1. The molecule has 7 heteroatoms. The normalized spacial score (nSPS) is 17.2. The first-order chi connectivity index (χ1) is 15.0. The molecule has 1 atom stereocenters. The van der Waals surface area contributed by atoms with Crippen LogP contribution in [0.15, 0.2) is 36.5 Å². The first-order valence-electron chi connectivity index (χ1n) is 10.8. The first-order valence-corrected chi connectivity index (χ1v) is 13.8. The Labute approximate surface area is 188 Å². The summed E-state index contributed by atoms with van der Waals surface area (Å²) in [6, 6.07) is 8.98. The molecule has 2 amide bonds. The predicted molar refractivity (Wildman–Crippen MR) is 128 cm³/mol. The van der Waals surface area contributed by atoms with Gasteiger partial charge in [-0.05, 0) is 41.6 Å². The number of hydrogen-bond acceptors (Lipinski definition) is 4. The number of pyridine rings is 1. The summed E-state index contributed by atoms with van der Waals surface area (Å²) in [7, 11) is -2.24. The molecule has 1 aromatic carbocycles. The van der Waals surface area contributed by atoms with E-state index in [4.69, 9.17) is 0 Å². The van der Waals surface area contributed by atoms with Gasteiger partial charge in [-0.2, -0.15) is 0 Å². The van der Waals surface area contributed by atoms with Crippen LogP contribution in [0.5, 0.6) is 0 Å². The fourth-order valence-electron chi connectivity index (χ4n) is 3.89. The Morgan fingerprint density at radius 1 is 1.19 bits per heavy atom. The molecule has 0 saturated carbocycles. The van der Waals surface area contributed by atoms with Crippen molar-refractivity contribution in [1.29, 1.82) is 0 Å². The second-order valence-corrected chi connectivity index (χ2v) is 15.1. The maximum absolute atomic E-state index is 13.0. The molecule has 1 unspecified atom stereocenters. The largest absolute Gasteiger partial charge is 0.313 e. The number of fused-ring (bicyclic) bond motifs is 3. The zero-order valence-corrected chi connectivity index (χ0v) is 20.1. The van der Waals surface area contributed by atoms with Gasteiger partial charge in [0.05, 0.1) is 5.52 Å². The van der Waals surface area contributed by atoms with E-state index in [-0.39, 0.29) is 28.7 Å². The molecule has 2 aromatic heterocycles. The van der Waals surface area contributed by atoms with Crippen molar-refractivity contribution in [1.82, 2.24) is 14.9 Å². The monoisotopic (exact) mass is 445 g/mol. The van der Waals surface area contributed by atoms with E-state index in [0.717, 1.165) is 21.9 Å². The fourth-order valence-corrected chi connectivity index (χ4v) is 4.95. The van der Waals surface area contributed by atoms with E-state index in [1.165, 1.54) is 0 Å². The summed E-state index contributed by atoms with van der Waals surface area (Å²) in [5.41, 5.74) is 2.22. The SMILES string of the molecule is CC(C)(C)[Si](C)(C)C(=O)C#Cc1cccc2c1c1cccnc1n2C1CCC(=O)NC1=O. The third kappa shape index (κ3) is 3.55. The highest BCUT2D eigenvalue weighted by molar-refractivity contribution is 7.08. The van der Waals surface area contributed by atoms with Gasteiger partial charge in [0, 0.05) is 29.0 Å². The summed E-state index contributed by atoms with van der Waals surface area (Å²) in [4.78, 5) is 41.9. The summed E-state index contributed by atoms with van der Waals surface area (Å²) >= 11 is 0. The molecular weight excluding hydrogens is 418 g/mol. The van der Waals surface area contributed by atoms with E-state index in [1.54, 1.807) is 6.20 Å². The Morgan fingerprint density at radius 3 is 2.62 bits per heavy atom. The van der Waals surface area contributed by atoms with Gasteiger partial charge in [0.2, 0.25) is 11.8 Å². The summed E-state index contributed by atoms with van der Waals surface area (Å²) < 4.78 is 1.90. The highest BCUT2D eigenvalue weighted by Gasteiger charge is 2.41. The lowest BCUT2D eigenvalue weighted by atomic mass is 10.1. The fraction of sp³-hybridized carbons (Fsp3) is 0.360. The van der Waals surface area contributed by atoms with Crippen LogP contribution in [0.25, 0.3) is 21.9 Å². The molecule has 1 aliphatic heterocycles. The van der Waals surface area contributed by atoms with Gasteiger partial charge >= 0.3 is 0 Å². The lowest BCUT2D eigenvalue weighted by molar-refractivity contribution is -0.135. The van der Waals surface area contributed by atoms with Crippen LogP contribution < -0.4 is 5.32 Å². The van der Waals surface area contributed by atoms with Gasteiger partial charge in [0.15, 0.2) is 5.41 Å². The number of amides is 2. The van der Waals surface area contributed by atoms with Crippen LogP contribution in [-0.4, -0.2) is 34.8 Å². The number of carbonyl (C=O) groups is 3. The van der Waals surface area contributed by atoms with E-state index < -0.39 is 14.1 Å². The molecular formula is C25H27N3O3Si. The molecule has 3 aromatic rings. The molecule has 1 N–H and O–H groups in total. The molecule has 0 spiro atoms. The van der Waals surface area contributed by atoms with Crippen LogP contribution in [0.2, 0.25) is 18.1 Å². The number of nitrogens with zero attached hydrogens (tertiary/aromatic N) is 2. The van der Waals surface area contributed by atoms with Gasteiger partial charge < -0.3 is 4.57 Å². The molecule has 0 aliphatic carbocycles. The van der Waals surface area contributed by atoms with Crippen molar-refractivity contribution in [2.24, 2.45) is 0 Å². The minimum atomic E-state index is -2.24. The van der Waals surface area contributed by atoms with E-state index in [9.17, 15) is 14.4 Å². The molecule has 0 bridgehead atoms. The molecule has 0 radical (unpaired) electrons. The van der Waals surface area contributed by atoms with Gasteiger partial charge in [-0.25, -0.2) is 4.98 Å². The van der Waals surface area contributed by atoms with Gasteiger partial charge in [-0.3, -0.25) is 19.7 Å². The van der Waals surface area contributed by atoms with Crippen LogP contribution in [0.3, 0.4) is 0 Å². The van der Waals surface area contributed by atoms with E-state index in [0.29, 0.717) is 12.1 Å². The number of benzene rings is 1. The van der Waals surface area contributed by atoms with Gasteiger partial charge in [0.25, 0.3) is 0 Å². The molecule has 32 heavy (non-hydrogen) atoms. The number of aromatic nitrogens is 2. The topological polar surface area (TPSA) is 81.1 Å². The summed E-state index contributed by atoms with van der Waals surface area (Å²) in [5.74, 6) is 5.48. The first kappa shape index (κ1) is 22.0. The van der Waals surface area contributed by atoms with Crippen LogP contribution >= 0.6 is 0 Å².